The van der Waals surface area contributed by atoms with E-state index in [4.69, 9.17) is 21.1 Å². The minimum Gasteiger partial charge on any atom is -0.493 e. The van der Waals surface area contributed by atoms with Crippen molar-refractivity contribution in [1.82, 2.24) is 0 Å². The van der Waals surface area contributed by atoms with E-state index in [1.165, 1.54) is 7.11 Å². The summed E-state index contributed by atoms with van der Waals surface area (Å²) >= 11 is 5.91. The third-order valence-electron chi connectivity index (χ3n) is 4.19. The summed E-state index contributed by atoms with van der Waals surface area (Å²) in [5, 5.41) is 10.1. The van der Waals surface area contributed by atoms with Crippen molar-refractivity contribution in [3.05, 3.63) is 94.5 Å². The molecule has 0 unspecified atom stereocenters. The molecular formula is C24H18ClNO3. The molecule has 0 aliphatic rings. The normalized spacial score (nSPS) is 10.9. The quantitative estimate of drug-likeness (QED) is 0.234. The van der Waals surface area contributed by atoms with Gasteiger partial charge in [0, 0.05) is 5.02 Å². The lowest BCUT2D eigenvalue weighted by Gasteiger charge is -2.10. The molecule has 29 heavy (non-hydrogen) atoms. The molecule has 0 bridgehead atoms. The first-order valence-corrected chi connectivity index (χ1v) is 9.27. The molecular weight excluding hydrogens is 386 g/mol. The smallest absolute Gasteiger partial charge is 0.315 e. The number of carbonyl (C=O) groups excluding carboxylic acids is 1. The van der Waals surface area contributed by atoms with Gasteiger partial charge in [0.05, 0.1) is 25.2 Å². The highest BCUT2D eigenvalue weighted by atomic mass is 35.5. The van der Waals surface area contributed by atoms with Crippen molar-refractivity contribution in [1.29, 1.82) is 5.26 Å². The van der Waals surface area contributed by atoms with Gasteiger partial charge in [-0.05, 0) is 47.0 Å². The Morgan fingerprint density at radius 3 is 2.41 bits per heavy atom. The molecule has 4 nitrogen and oxygen atoms in total. The monoisotopic (exact) mass is 403 g/mol. The third kappa shape index (κ3) is 5.47. The van der Waals surface area contributed by atoms with Gasteiger partial charge in [-0.15, -0.1) is 0 Å². The molecule has 0 saturated carbocycles. The number of hydrogen-bond acceptors (Lipinski definition) is 4. The number of ether oxygens (including phenoxy) is 2. The van der Waals surface area contributed by atoms with E-state index < -0.39 is 0 Å². The predicted octanol–water partition coefficient (Wildman–Crippen LogP) is 5.56. The maximum atomic E-state index is 12.2. The second-order valence-electron chi connectivity index (χ2n) is 6.22. The van der Waals surface area contributed by atoms with Gasteiger partial charge in [0.1, 0.15) is 0 Å². The number of halogens is 1. The Kier molecular flexibility index (Phi) is 6.67. The summed E-state index contributed by atoms with van der Waals surface area (Å²) in [6.07, 6.45) is 1.90. The average molecular weight is 404 g/mol. The molecule has 3 rings (SSSR count). The average Bonchev–Trinajstić information content (AvgIpc) is 2.74. The Morgan fingerprint density at radius 2 is 1.76 bits per heavy atom. The number of esters is 1. The molecule has 144 valence electrons. The molecule has 0 heterocycles. The summed E-state index contributed by atoms with van der Waals surface area (Å²) in [5.41, 5.74) is 2.86. The van der Waals surface area contributed by atoms with Crippen LogP contribution in [0.1, 0.15) is 16.7 Å². The van der Waals surface area contributed by atoms with Crippen LogP contribution in [0.5, 0.6) is 11.5 Å². The number of methoxy groups -OCH3 is 1. The molecule has 3 aromatic carbocycles. The van der Waals surface area contributed by atoms with Crippen LogP contribution in [0.15, 0.2) is 72.8 Å². The van der Waals surface area contributed by atoms with Crippen molar-refractivity contribution in [3.63, 3.8) is 0 Å². The fraction of sp³-hybridized carbons (Fsp3) is 0.0833. The highest BCUT2D eigenvalue weighted by Gasteiger charge is 2.12. The molecule has 0 aliphatic heterocycles. The Hall–Kier alpha value is -3.55. The van der Waals surface area contributed by atoms with Crippen LogP contribution in [0.4, 0.5) is 0 Å². The molecule has 0 amide bonds. The van der Waals surface area contributed by atoms with Crippen LogP contribution in [-0.4, -0.2) is 13.1 Å². The Bertz CT molecular complexity index is 1070. The van der Waals surface area contributed by atoms with Crippen LogP contribution < -0.4 is 9.47 Å². The zero-order valence-electron chi connectivity index (χ0n) is 15.8. The second-order valence-corrected chi connectivity index (χ2v) is 6.66. The van der Waals surface area contributed by atoms with Gasteiger partial charge in [-0.25, -0.2) is 0 Å². The molecule has 0 saturated heterocycles. The van der Waals surface area contributed by atoms with Gasteiger partial charge in [0.25, 0.3) is 0 Å². The number of allylic oxidation sites excluding steroid dienone is 1. The molecule has 5 heteroatoms. The van der Waals surface area contributed by atoms with E-state index in [-0.39, 0.29) is 12.4 Å². The molecule has 0 aliphatic carbocycles. The van der Waals surface area contributed by atoms with E-state index >= 15 is 0 Å². The van der Waals surface area contributed by atoms with E-state index in [9.17, 15) is 10.1 Å². The highest BCUT2D eigenvalue weighted by Crippen LogP contribution is 2.30. The molecule has 0 atom stereocenters. The van der Waals surface area contributed by atoms with Crippen LogP contribution in [0.3, 0.4) is 0 Å². The summed E-state index contributed by atoms with van der Waals surface area (Å²) < 4.78 is 10.8. The highest BCUT2D eigenvalue weighted by molar-refractivity contribution is 6.30. The van der Waals surface area contributed by atoms with Crippen LogP contribution in [0.25, 0.3) is 11.6 Å². The van der Waals surface area contributed by atoms with Crippen LogP contribution >= 0.6 is 11.6 Å². The van der Waals surface area contributed by atoms with Crippen molar-refractivity contribution >= 4 is 29.2 Å². The summed E-state index contributed by atoms with van der Waals surface area (Å²) in [6, 6.07) is 23.7. The third-order valence-corrected chi connectivity index (χ3v) is 4.44. The van der Waals surface area contributed by atoms with Gasteiger partial charge < -0.3 is 9.47 Å². The van der Waals surface area contributed by atoms with E-state index in [2.05, 4.69) is 6.07 Å². The lowest BCUT2D eigenvalue weighted by Crippen LogP contribution is -2.11. The first kappa shape index (κ1) is 20.2. The molecule has 0 N–H and O–H groups in total. The minimum absolute atomic E-state index is 0.167. The molecule has 0 radical (unpaired) electrons. The summed E-state index contributed by atoms with van der Waals surface area (Å²) in [7, 11) is 1.50. The lowest BCUT2D eigenvalue weighted by atomic mass is 10.0. The zero-order valence-corrected chi connectivity index (χ0v) is 16.5. The fourth-order valence-electron chi connectivity index (χ4n) is 2.76. The number of nitriles is 1. The number of benzene rings is 3. The summed E-state index contributed by atoms with van der Waals surface area (Å²) in [6.45, 7) is 0. The number of carbonyl (C=O) groups is 1. The Balaban J connectivity index is 1.80. The van der Waals surface area contributed by atoms with Gasteiger partial charge in [0.15, 0.2) is 11.5 Å². The maximum Gasteiger partial charge on any atom is 0.315 e. The Morgan fingerprint density at radius 1 is 1.03 bits per heavy atom. The fourth-order valence-corrected chi connectivity index (χ4v) is 2.88. The van der Waals surface area contributed by atoms with Crippen molar-refractivity contribution in [3.8, 4) is 17.6 Å². The van der Waals surface area contributed by atoms with E-state index in [0.29, 0.717) is 22.1 Å². The first-order chi connectivity index (χ1) is 14.1. The van der Waals surface area contributed by atoms with Gasteiger partial charge in [-0.1, -0.05) is 60.1 Å². The van der Waals surface area contributed by atoms with Crippen LogP contribution in [0, 0.1) is 11.3 Å². The molecule has 0 fully saturated rings. The van der Waals surface area contributed by atoms with Gasteiger partial charge in [-0.3, -0.25) is 4.79 Å². The van der Waals surface area contributed by atoms with Crippen LogP contribution in [0.2, 0.25) is 5.02 Å². The van der Waals surface area contributed by atoms with E-state index in [1.54, 1.807) is 48.5 Å². The lowest BCUT2D eigenvalue weighted by molar-refractivity contribution is -0.133. The molecule has 3 aromatic rings. The number of nitrogens with zero attached hydrogens (tertiary/aromatic N) is 1. The number of rotatable bonds is 6. The second kappa shape index (κ2) is 9.59. The summed E-state index contributed by atoms with van der Waals surface area (Å²) in [4.78, 5) is 12.2. The zero-order chi connectivity index (χ0) is 20.6. The maximum absolute atomic E-state index is 12.2. The van der Waals surface area contributed by atoms with Crippen molar-refractivity contribution in [2.24, 2.45) is 0 Å². The van der Waals surface area contributed by atoms with Gasteiger partial charge in [0.2, 0.25) is 0 Å². The van der Waals surface area contributed by atoms with Crippen molar-refractivity contribution < 1.29 is 14.3 Å². The van der Waals surface area contributed by atoms with E-state index in [0.717, 1.165) is 16.7 Å². The largest absolute Gasteiger partial charge is 0.493 e. The van der Waals surface area contributed by atoms with Crippen LogP contribution in [-0.2, 0) is 11.2 Å². The topological polar surface area (TPSA) is 59.3 Å². The predicted molar refractivity (Wildman–Crippen MR) is 114 cm³/mol. The van der Waals surface area contributed by atoms with E-state index in [1.807, 2.05) is 30.3 Å². The van der Waals surface area contributed by atoms with Crippen molar-refractivity contribution in [2.75, 3.05) is 7.11 Å². The first-order valence-electron chi connectivity index (χ1n) is 8.89. The Labute approximate surface area is 174 Å². The number of hydrogen-bond donors (Lipinski definition) is 0. The SMILES string of the molecule is COc1cc(/C=C(/C#N)c2ccc(Cl)cc2)ccc1OC(=O)Cc1ccccc1. The van der Waals surface area contributed by atoms with Crippen molar-refractivity contribution in [2.45, 2.75) is 6.42 Å². The van der Waals surface area contributed by atoms with Gasteiger partial charge in [-0.2, -0.15) is 5.26 Å². The summed E-state index contributed by atoms with van der Waals surface area (Å²) in [5.74, 6) is 0.362. The van der Waals surface area contributed by atoms with Gasteiger partial charge >= 0.3 is 5.97 Å². The molecule has 0 spiro atoms. The minimum atomic E-state index is -0.378. The standard InChI is InChI=1S/C24H18ClNO3/c1-28-23-14-18(13-20(16-26)19-8-10-21(25)11-9-19)7-12-22(23)29-24(27)15-17-5-3-2-4-6-17/h2-14H,15H2,1H3/b20-13-. The molecule has 0 aromatic heterocycles.